The third-order valence-corrected chi connectivity index (χ3v) is 2.08. The smallest absolute Gasteiger partial charge is 0.480 e. The first-order valence-corrected chi connectivity index (χ1v) is 5.09. The number of alkyl halides is 3. The Balaban J connectivity index is 2.95. The first-order chi connectivity index (χ1) is 8.83. The third-order valence-electron chi connectivity index (χ3n) is 2.08. The van der Waals surface area contributed by atoms with Gasteiger partial charge in [0.25, 0.3) is 0 Å². The molecule has 0 aliphatic rings. The van der Waals surface area contributed by atoms with Crippen LogP contribution in [0.5, 0.6) is 5.75 Å². The van der Waals surface area contributed by atoms with Gasteiger partial charge in [-0.15, -0.1) is 19.6 Å². The summed E-state index contributed by atoms with van der Waals surface area (Å²) in [5.41, 5.74) is 0.115. The Morgan fingerprint density at radius 2 is 2.21 bits per heavy atom. The molecule has 1 unspecified atom stereocenters. The highest BCUT2D eigenvalue weighted by molar-refractivity contribution is 5.75. The van der Waals surface area contributed by atoms with E-state index in [-0.39, 0.29) is 12.1 Å². The van der Waals surface area contributed by atoms with Crippen molar-refractivity contribution >= 4 is 5.97 Å². The second-order valence-corrected chi connectivity index (χ2v) is 3.48. The molecular weight excluding hydrogens is 263 g/mol. The minimum absolute atomic E-state index is 0.0265. The molecule has 0 heterocycles. The fourth-order valence-electron chi connectivity index (χ4n) is 1.40. The first-order valence-electron chi connectivity index (χ1n) is 5.09. The molecule has 0 aliphatic heterocycles. The van der Waals surface area contributed by atoms with Gasteiger partial charge in [0.15, 0.2) is 0 Å². The molecule has 0 amide bonds. The number of aliphatic carboxylic acids is 1. The maximum absolute atomic E-state index is 12.1. The molecule has 0 aliphatic carbocycles. The van der Waals surface area contributed by atoms with Crippen molar-refractivity contribution in [3.8, 4) is 18.1 Å². The lowest BCUT2D eigenvalue weighted by molar-refractivity contribution is -0.274. The van der Waals surface area contributed by atoms with Gasteiger partial charge in [0.2, 0.25) is 0 Å². The number of terminal acetylenes is 1. The van der Waals surface area contributed by atoms with Crippen LogP contribution in [0.25, 0.3) is 0 Å². The Morgan fingerprint density at radius 1 is 1.53 bits per heavy atom. The molecule has 0 saturated carbocycles. The third kappa shape index (κ3) is 4.89. The number of rotatable bonds is 5. The second-order valence-electron chi connectivity index (χ2n) is 3.48. The number of carboxylic acids is 1. The summed E-state index contributed by atoms with van der Waals surface area (Å²) in [6.07, 6.45) is 0.160. The van der Waals surface area contributed by atoms with Crippen LogP contribution in [-0.2, 0) is 4.79 Å². The maximum Gasteiger partial charge on any atom is 0.573 e. The van der Waals surface area contributed by atoms with Crippen molar-refractivity contribution in [2.45, 2.75) is 12.4 Å². The van der Waals surface area contributed by atoms with Crippen molar-refractivity contribution in [1.82, 2.24) is 5.32 Å². The van der Waals surface area contributed by atoms with Crippen molar-refractivity contribution in [3.63, 3.8) is 0 Å². The van der Waals surface area contributed by atoms with Crippen LogP contribution in [0.1, 0.15) is 11.6 Å². The second kappa shape index (κ2) is 6.11. The Morgan fingerprint density at radius 3 is 2.74 bits per heavy atom. The van der Waals surface area contributed by atoms with E-state index in [9.17, 15) is 18.0 Å². The number of hydrogen-bond donors (Lipinski definition) is 2. The number of halogens is 3. The largest absolute Gasteiger partial charge is 0.573 e. The summed E-state index contributed by atoms with van der Waals surface area (Å²) >= 11 is 0. The van der Waals surface area contributed by atoms with Gasteiger partial charge in [-0.1, -0.05) is 18.1 Å². The number of hydrogen-bond acceptors (Lipinski definition) is 3. The zero-order valence-corrected chi connectivity index (χ0v) is 9.57. The van der Waals surface area contributed by atoms with E-state index in [4.69, 9.17) is 11.5 Å². The number of carboxylic acid groups (broad SMARTS) is 1. The predicted molar refractivity (Wildman–Crippen MR) is 60.3 cm³/mol. The average molecular weight is 273 g/mol. The number of carbonyl (C=O) groups is 1. The fraction of sp³-hybridized carbons (Fsp3) is 0.250. The maximum atomic E-state index is 12.1. The summed E-state index contributed by atoms with van der Waals surface area (Å²) < 4.78 is 39.9. The molecular formula is C12H10F3NO3. The van der Waals surface area contributed by atoms with E-state index < -0.39 is 24.1 Å². The van der Waals surface area contributed by atoms with Gasteiger partial charge >= 0.3 is 12.3 Å². The molecule has 1 aromatic carbocycles. The topological polar surface area (TPSA) is 58.6 Å². The van der Waals surface area contributed by atoms with Gasteiger partial charge in [0.1, 0.15) is 11.8 Å². The summed E-state index contributed by atoms with van der Waals surface area (Å²) in [6, 6.07) is 3.51. The van der Waals surface area contributed by atoms with Crippen molar-refractivity contribution < 1.29 is 27.8 Å². The SMILES string of the molecule is C#CCNC(C(=O)O)c1cccc(OC(F)(F)F)c1. The predicted octanol–water partition coefficient (Wildman–Crippen LogP) is 1.93. The molecule has 2 N–H and O–H groups in total. The van der Waals surface area contributed by atoms with E-state index in [1.165, 1.54) is 12.1 Å². The van der Waals surface area contributed by atoms with Crippen LogP contribution in [0.2, 0.25) is 0 Å². The van der Waals surface area contributed by atoms with Gasteiger partial charge < -0.3 is 9.84 Å². The molecule has 19 heavy (non-hydrogen) atoms. The highest BCUT2D eigenvalue weighted by Crippen LogP contribution is 2.25. The Labute approximate surface area is 107 Å². The summed E-state index contributed by atoms with van der Waals surface area (Å²) in [6.45, 7) is -0.0265. The summed E-state index contributed by atoms with van der Waals surface area (Å²) in [5, 5.41) is 11.5. The molecule has 0 aromatic heterocycles. The van der Waals surface area contributed by atoms with Crippen LogP contribution in [0.15, 0.2) is 24.3 Å². The lowest BCUT2D eigenvalue weighted by Crippen LogP contribution is -2.28. The molecule has 1 aromatic rings. The van der Waals surface area contributed by atoms with Crippen molar-refractivity contribution in [1.29, 1.82) is 0 Å². The van der Waals surface area contributed by atoms with Crippen molar-refractivity contribution in [2.24, 2.45) is 0 Å². The summed E-state index contributed by atoms with van der Waals surface area (Å²) in [5.74, 6) is 0.452. The van der Waals surface area contributed by atoms with Crippen molar-refractivity contribution in [3.05, 3.63) is 29.8 Å². The van der Waals surface area contributed by atoms with Gasteiger partial charge in [-0.05, 0) is 17.7 Å². The zero-order chi connectivity index (χ0) is 14.5. The lowest BCUT2D eigenvalue weighted by atomic mass is 10.1. The molecule has 0 saturated heterocycles. The van der Waals surface area contributed by atoms with E-state index in [0.717, 1.165) is 12.1 Å². The van der Waals surface area contributed by atoms with E-state index in [0.29, 0.717) is 0 Å². The highest BCUT2D eigenvalue weighted by Gasteiger charge is 2.31. The molecule has 1 atom stereocenters. The number of benzene rings is 1. The number of ether oxygens (including phenoxy) is 1. The minimum Gasteiger partial charge on any atom is -0.480 e. The normalized spacial score (nSPS) is 12.5. The molecule has 0 radical (unpaired) electrons. The molecule has 0 spiro atoms. The zero-order valence-electron chi connectivity index (χ0n) is 9.57. The lowest BCUT2D eigenvalue weighted by Gasteiger charge is -2.15. The van der Waals surface area contributed by atoms with Crippen LogP contribution in [-0.4, -0.2) is 24.0 Å². The van der Waals surface area contributed by atoms with E-state index in [2.05, 4.69) is 16.0 Å². The fourth-order valence-corrected chi connectivity index (χ4v) is 1.40. The van der Waals surface area contributed by atoms with Crippen LogP contribution in [0, 0.1) is 12.3 Å². The Bertz CT molecular complexity index is 494. The molecule has 0 bridgehead atoms. The molecule has 0 fully saturated rings. The van der Waals surface area contributed by atoms with E-state index in [1.807, 2.05) is 0 Å². The molecule has 102 valence electrons. The van der Waals surface area contributed by atoms with Crippen LogP contribution >= 0.6 is 0 Å². The van der Waals surface area contributed by atoms with E-state index >= 15 is 0 Å². The Hall–Kier alpha value is -2.20. The van der Waals surface area contributed by atoms with Gasteiger partial charge in [0.05, 0.1) is 6.54 Å². The Kier molecular flexibility index (Phi) is 4.78. The van der Waals surface area contributed by atoms with Gasteiger partial charge in [-0.2, -0.15) is 0 Å². The van der Waals surface area contributed by atoms with Gasteiger partial charge in [-0.25, -0.2) is 0 Å². The van der Waals surface area contributed by atoms with E-state index in [1.54, 1.807) is 0 Å². The molecule has 7 heteroatoms. The molecule has 1 rings (SSSR count). The van der Waals surface area contributed by atoms with Gasteiger partial charge in [0, 0.05) is 0 Å². The first kappa shape index (κ1) is 14.9. The monoisotopic (exact) mass is 273 g/mol. The standard InChI is InChI=1S/C12H10F3NO3/c1-2-6-16-10(11(17)18)8-4-3-5-9(7-8)19-12(13,14)15/h1,3-5,7,10,16H,6H2,(H,17,18). The number of nitrogens with one attached hydrogen (secondary N) is 1. The van der Waals surface area contributed by atoms with Gasteiger partial charge in [-0.3, -0.25) is 10.1 Å². The quantitative estimate of drug-likeness (QED) is 0.805. The van der Waals surface area contributed by atoms with Crippen LogP contribution in [0.4, 0.5) is 13.2 Å². The molecule has 4 nitrogen and oxygen atoms in total. The summed E-state index contributed by atoms with van der Waals surface area (Å²) in [4.78, 5) is 11.0. The minimum atomic E-state index is -4.83. The highest BCUT2D eigenvalue weighted by atomic mass is 19.4. The van der Waals surface area contributed by atoms with Crippen LogP contribution in [0.3, 0.4) is 0 Å². The average Bonchev–Trinajstić information content (AvgIpc) is 2.27. The van der Waals surface area contributed by atoms with Crippen LogP contribution < -0.4 is 10.1 Å². The van der Waals surface area contributed by atoms with Crippen molar-refractivity contribution in [2.75, 3.05) is 6.54 Å². The summed E-state index contributed by atoms with van der Waals surface area (Å²) in [7, 11) is 0.